The highest BCUT2D eigenvalue weighted by molar-refractivity contribution is 6.32. The molecule has 0 unspecified atom stereocenters. The average Bonchev–Trinajstić information content (AvgIpc) is 2.65. The van der Waals surface area contributed by atoms with Gasteiger partial charge in [0, 0.05) is 32.7 Å². The zero-order valence-electron chi connectivity index (χ0n) is 14.4. The molecule has 0 radical (unpaired) electrons. The first-order chi connectivity index (χ1) is 12.6. The van der Waals surface area contributed by atoms with E-state index >= 15 is 0 Å². The maximum absolute atomic E-state index is 12.9. The first-order valence-corrected chi connectivity index (χ1v) is 8.94. The number of halogens is 2. The van der Waals surface area contributed by atoms with Crippen molar-refractivity contribution in [1.29, 1.82) is 0 Å². The molecule has 2 aromatic carbocycles. The van der Waals surface area contributed by atoms with E-state index in [0.717, 1.165) is 26.2 Å². The van der Waals surface area contributed by atoms with E-state index < -0.39 is 6.10 Å². The largest absolute Gasteiger partial charge is 0.491 e. The lowest BCUT2D eigenvalue weighted by molar-refractivity contribution is -0.0931. The Morgan fingerprint density at radius 1 is 1.04 bits per heavy atom. The van der Waals surface area contributed by atoms with Crippen LogP contribution in [0.1, 0.15) is 0 Å². The van der Waals surface area contributed by atoms with Gasteiger partial charge in [-0.25, -0.2) is 4.39 Å². The maximum Gasteiger partial charge on any atom is 0.166 e. The van der Waals surface area contributed by atoms with Crippen LogP contribution in [0.4, 0.5) is 4.39 Å². The van der Waals surface area contributed by atoms with E-state index in [9.17, 15) is 9.50 Å². The van der Waals surface area contributed by atoms with Gasteiger partial charge in [-0.05, 0) is 36.4 Å². The van der Waals surface area contributed by atoms with Crippen molar-refractivity contribution in [3.63, 3.8) is 0 Å². The minimum atomic E-state index is -0.615. The maximum atomic E-state index is 12.9. The highest BCUT2D eigenvalue weighted by Crippen LogP contribution is 2.24. The molecule has 5 nitrogen and oxygen atoms in total. The second-order valence-corrected chi connectivity index (χ2v) is 6.58. The summed E-state index contributed by atoms with van der Waals surface area (Å²) < 4.78 is 18.3. The van der Waals surface area contributed by atoms with Crippen molar-refractivity contribution in [2.24, 2.45) is 0 Å². The zero-order valence-corrected chi connectivity index (χ0v) is 15.1. The van der Waals surface area contributed by atoms with E-state index in [1.165, 1.54) is 12.1 Å². The number of β-amino-alcohol motifs (C(OH)–C–C–N with tert-alkyl or cyclic N) is 1. The van der Waals surface area contributed by atoms with Gasteiger partial charge in [0.2, 0.25) is 0 Å². The van der Waals surface area contributed by atoms with Gasteiger partial charge in [-0.1, -0.05) is 23.7 Å². The quantitative estimate of drug-likeness (QED) is 0.800. The lowest BCUT2D eigenvalue weighted by Gasteiger charge is -2.34. The van der Waals surface area contributed by atoms with Crippen LogP contribution in [0.2, 0.25) is 5.02 Å². The number of benzene rings is 2. The van der Waals surface area contributed by atoms with Crippen molar-refractivity contribution in [2.75, 3.05) is 39.3 Å². The van der Waals surface area contributed by atoms with Crippen LogP contribution >= 0.6 is 11.6 Å². The lowest BCUT2D eigenvalue weighted by atomic mass is 10.3. The summed E-state index contributed by atoms with van der Waals surface area (Å²) in [5, 5.41) is 12.6. The third kappa shape index (κ3) is 5.57. The second-order valence-electron chi connectivity index (χ2n) is 6.17. The summed E-state index contributed by atoms with van der Waals surface area (Å²) >= 11 is 6.11. The van der Waals surface area contributed by atoms with Crippen LogP contribution in [0.3, 0.4) is 0 Å². The number of aliphatic hydroxyl groups excluding tert-OH is 1. The van der Waals surface area contributed by atoms with Crippen molar-refractivity contribution in [1.82, 2.24) is 9.96 Å². The van der Waals surface area contributed by atoms with Crippen LogP contribution in [0.25, 0.3) is 0 Å². The van der Waals surface area contributed by atoms with Crippen molar-refractivity contribution in [3.05, 3.63) is 59.4 Å². The molecule has 1 saturated heterocycles. The van der Waals surface area contributed by atoms with E-state index in [1.54, 1.807) is 18.2 Å². The van der Waals surface area contributed by atoms with Crippen LogP contribution in [-0.4, -0.2) is 60.5 Å². The number of nitrogens with zero attached hydrogens (tertiary/aromatic N) is 2. The number of ether oxygens (including phenoxy) is 1. The molecule has 0 bridgehead atoms. The van der Waals surface area contributed by atoms with Gasteiger partial charge in [-0.2, -0.15) is 0 Å². The smallest absolute Gasteiger partial charge is 0.166 e. The minimum absolute atomic E-state index is 0.169. The number of hydrogen-bond donors (Lipinski definition) is 1. The summed E-state index contributed by atoms with van der Waals surface area (Å²) in [6.45, 7) is 3.67. The molecule has 3 rings (SSSR count). The fourth-order valence-corrected chi connectivity index (χ4v) is 2.91. The van der Waals surface area contributed by atoms with Crippen molar-refractivity contribution >= 4 is 11.6 Å². The molecule has 0 saturated carbocycles. The predicted molar refractivity (Wildman–Crippen MR) is 98.0 cm³/mol. The van der Waals surface area contributed by atoms with Gasteiger partial charge in [0.15, 0.2) is 5.75 Å². The fraction of sp³-hybridized carbons (Fsp3) is 0.368. The van der Waals surface area contributed by atoms with Crippen LogP contribution in [-0.2, 0) is 0 Å². The third-order valence-corrected chi connectivity index (χ3v) is 4.43. The SMILES string of the molecule is O[C@H](COc1ccc(F)cc1)CN1CCN(Oc2ccccc2Cl)CC1. The van der Waals surface area contributed by atoms with Gasteiger partial charge >= 0.3 is 0 Å². The second kappa shape index (κ2) is 9.19. The first-order valence-electron chi connectivity index (χ1n) is 8.56. The number of hydroxylamine groups is 2. The standard InChI is InChI=1S/C19H22ClFN2O3/c20-18-3-1-2-4-19(18)26-23-11-9-22(10-12-23)13-16(24)14-25-17-7-5-15(21)6-8-17/h1-8,16,24H,9-14H2/t16-/m0/s1. The predicted octanol–water partition coefficient (Wildman–Crippen LogP) is 2.83. The Hall–Kier alpha value is -1.86. The molecule has 1 aliphatic heterocycles. The molecule has 1 aliphatic rings. The lowest BCUT2D eigenvalue weighted by Crippen LogP contribution is -2.50. The number of aliphatic hydroxyl groups is 1. The van der Waals surface area contributed by atoms with Gasteiger partial charge in [-0.3, -0.25) is 4.90 Å². The Morgan fingerprint density at radius 3 is 2.42 bits per heavy atom. The monoisotopic (exact) mass is 380 g/mol. The molecule has 1 atom stereocenters. The Bertz CT molecular complexity index is 693. The number of hydrogen-bond acceptors (Lipinski definition) is 5. The molecular weight excluding hydrogens is 359 g/mol. The van der Waals surface area contributed by atoms with Crippen LogP contribution in [0, 0.1) is 5.82 Å². The van der Waals surface area contributed by atoms with Crippen LogP contribution < -0.4 is 9.57 Å². The van der Waals surface area contributed by atoms with Gasteiger partial charge in [0.05, 0.1) is 5.02 Å². The number of para-hydroxylation sites is 1. The van der Waals surface area contributed by atoms with Crippen LogP contribution in [0.15, 0.2) is 48.5 Å². The number of piperazine rings is 1. The average molecular weight is 381 g/mol. The summed E-state index contributed by atoms with van der Waals surface area (Å²) in [5.74, 6) is 0.883. The zero-order chi connectivity index (χ0) is 18.4. The number of rotatable bonds is 7. The van der Waals surface area contributed by atoms with E-state index in [4.69, 9.17) is 21.2 Å². The van der Waals surface area contributed by atoms with E-state index in [-0.39, 0.29) is 12.4 Å². The molecule has 7 heteroatoms. The summed E-state index contributed by atoms with van der Waals surface area (Å²) in [6.07, 6.45) is -0.615. The summed E-state index contributed by atoms with van der Waals surface area (Å²) in [7, 11) is 0. The Morgan fingerprint density at radius 2 is 1.73 bits per heavy atom. The molecule has 1 fully saturated rings. The molecule has 2 aromatic rings. The van der Waals surface area contributed by atoms with Crippen molar-refractivity contribution in [3.8, 4) is 11.5 Å². The summed E-state index contributed by atoms with van der Waals surface area (Å²) in [5.41, 5.74) is 0. The summed E-state index contributed by atoms with van der Waals surface area (Å²) in [4.78, 5) is 7.97. The molecular formula is C19H22ClFN2O3. The molecule has 0 aromatic heterocycles. The van der Waals surface area contributed by atoms with Gasteiger partial charge < -0.3 is 14.7 Å². The van der Waals surface area contributed by atoms with E-state index in [1.807, 2.05) is 23.3 Å². The van der Waals surface area contributed by atoms with E-state index in [0.29, 0.717) is 23.1 Å². The Kier molecular flexibility index (Phi) is 6.68. The molecule has 1 N–H and O–H groups in total. The highest BCUT2D eigenvalue weighted by Gasteiger charge is 2.21. The topological polar surface area (TPSA) is 45.2 Å². The summed E-state index contributed by atoms with van der Waals surface area (Å²) in [6, 6.07) is 13.1. The Balaban J connectivity index is 1.38. The molecule has 0 aliphatic carbocycles. The van der Waals surface area contributed by atoms with Gasteiger partial charge in [0.25, 0.3) is 0 Å². The molecule has 1 heterocycles. The van der Waals surface area contributed by atoms with E-state index in [2.05, 4.69) is 4.90 Å². The first kappa shape index (κ1) is 18.9. The van der Waals surface area contributed by atoms with Crippen LogP contribution in [0.5, 0.6) is 11.5 Å². The Labute approximate surface area is 157 Å². The van der Waals surface area contributed by atoms with Crippen molar-refractivity contribution < 1.29 is 19.1 Å². The normalized spacial score (nSPS) is 17.0. The molecule has 140 valence electrons. The minimum Gasteiger partial charge on any atom is -0.491 e. The molecule has 0 spiro atoms. The molecule has 26 heavy (non-hydrogen) atoms. The van der Waals surface area contributed by atoms with Gasteiger partial charge in [-0.15, -0.1) is 5.06 Å². The third-order valence-electron chi connectivity index (χ3n) is 4.12. The highest BCUT2D eigenvalue weighted by atomic mass is 35.5. The van der Waals surface area contributed by atoms with Crippen molar-refractivity contribution in [2.45, 2.75) is 6.10 Å². The molecule has 0 amide bonds. The fourth-order valence-electron chi connectivity index (χ4n) is 2.74. The van der Waals surface area contributed by atoms with Gasteiger partial charge in [0.1, 0.15) is 24.3 Å².